The molecule has 0 amide bonds. The SMILES string of the molecule is CC(=O)c1cc(Cl)ccc1OC(CCC1=CCCCC1)C(=O)O.CC(=O)c1cc(F)cc(F)c1OC(CCC1=CCCCC1)C(=O)O.CCc1cc(C(C)=O)ccc1OC(CCC1=CCCCC1)C(=O)O.COC(=O)Cc1ccc(OC(CCC2=CCCCC2)C(=O)O)cc1.COC(=O)Cc1ccccc1OC(CCC1=CCCCC1)C(=O)O. The maximum absolute atomic E-state index is 14.0. The van der Waals surface area contributed by atoms with Gasteiger partial charge in [-0.25, -0.2) is 32.8 Å². The van der Waals surface area contributed by atoms with Crippen LogP contribution in [0.1, 0.15) is 268 Å². The lowest BCUT2D eigenvalue weighted by atomic mass is 9.95. The summed E-state index contributed by atoms with van der Waals surface area (Å²) in [5, 5.41) is 47.4. The molecule has 22 nitrogen and oxygen atoms in total. The Labute approximate surface area is 701 Å². The highest BCUT2D eigenvalue weighted by atomic mass is 35.5. The Balaban J connectivity index is 0.000000231. The third-order valence-electron chi connectivity index (χ3n) is 20.9. The van der Waals surface area contributed by atoms with E-state index in [-0.39, 0.29) is 54.1 Å². The minimum absolute atomic E-state index is 0.00438. The molecule has 25 heteroatoms. The number of aliphatic carboxylic acids is 5. The number of ketones is 3. The lowest BCUT2D eigenvalue weighted by Crippen LogP contribution is -2.28. The van der Waals surface area contributed by atoms with Gasteiger partial charge in [0.2, 0.25) is 0 Å². The highest BCUT2D eigenvalue weighted by Gasteiger charge is 2.29. The Bertz CT molecular complexity index is 4400. The number of carbonyl (C=O) groups excluding carboxylic acids is 5. The molecule has 0 bridgehead atoms. The van der Waals surface area contributed by atoms with Crippen LogP contribution in [0.15, 0.2) is 155 Å². The zero-order valence-corrected chi connectivity index (χ0v) is 69.9. The first-order valence-corrected chi connectivity index (χ1v) is 41.5. The number of esters is 2. The number of ether oxygens (including phenoxy) is 7. The normalized spacial score (nSPS) is 15.5. The van der Waals surface area contributed by atoms with Gasteiger partial charge in [0.15, 0.2) is 59.4 Å². The Kier molecular flexibility index (Phi) is 42.6. The van der Waals surface area contributed by atoms with Crippen molar-refractivity contribution in [3.05, 3.63) is 205 Å². The maximum Gasteiger partial charge on any atom is 0.344 e. The fourth-order valence-corrected chi connectivity index (χ4v) is 14.3. The second-order valence-electron chi connectivity index (χ2n) is 30.0. The summed E-state index contributed by atoms with van der Waals surface area (Å²) in [7, 11) is 2.67. The van der Waals surface area contributed by atoms with Gasteiger partial charge in [-0.1, -0.05) is 107 Å². The number of carboxylic acids is 5. The summed E-state index contributed by atoms with van der Waals surface area (Å²) in [6, 6.07) is 25.1. The number of allylic oxidation sites excluding steroid dienone is 10. The molecule has 0 saturated carbocycles. The van der Waals surface area contributed by atoms with Gasteiger partial charge in [0.25, 0.3) is 0 Å². The molecule has 0 saturated heterocycles. The molecule has 0 aromatic heterocycles. The van der Waals surface area contributed by atoms with Gasteiger partial charge >= 0.3 is 41.8 Å². The molecule has 0 heterocycles. The number of aryl methyl sites for hydroxylation is 1. The molecule has 0 spiro atoms. The molecular formula is C94H115ClF2O22. The molecule has 0 fully saturated rings. The lowest BCUT2D eigenvalue weighted by Gasteiger charge is -2.19. The van der Waals surface area contributed by atoms with E-state index in [0.29, 0.717) is 90.0 Å². The Morgan fingerprint density at radius 3 is 1.15 bits per heavy atom. The van der Waals surface area contributed by atoms with Crippen LogP contribution in [-0.4, -0.2) is 129 Å². The zero-order chi connectivity index (χ0) is 86.8. The second kappa shape index (κ2) is 52.2. The molecule has 5 aliphatic rings. The van der Waals surface area contributed by atoms with Crippen LogP contribution in [0.3, 0.4) is 0 Å². The number of carboxylic acid groups (broad SMARTS) is 5. The second-order valence-corrected chi connectivity index (χ2v) is 30.4. The van der Waals surface area contributed by atoms with Crippen molar-refractivity contribution in [2.45, 2.75) is 270 Å². The van der Waals surface area contributed by atoms with E-state index in [4.69, 9.17) is 35.3 Å². The summed E-state index contributed by atoms with van der Waals surface area (Å²) >= 11 is 5.89. The van der Waals surface area contributed by atoms with Crippen molar-refractivity contribution in [2.75, 3.05) is 14.2 Å². The number of para-hydroxylation sites is 1. The molecule has 10 rings (SSSR count). The molecule has 5 aromatic rings. The van der Waals surface area contributed by atoms with Crippen molar-refractivity contribution in [3.63, 3.8) is 0 Å². The van der Waals surface area contributed by atoms with Gasteiger partial charge in [-0.15, -0.1) is 0 Å². The third-order valence-corrected chi connectivity index (χ3v) is 21.1. The molecule has 5 aromatic carbocycles. The molecule has 5 atom stereocenters. The first-order valence-electron chi connectivity index (χ1n) is 41.2. The van der Waals surface area contributed by atoms with Crippen LogP contribution in [0.2, 0.25) is 5.02 Å². The Hall–Kier alpha value is -10.8. The molecular weight excluding hydrogens is 1550 g/mol. The Morgan fingerprint density at radius 2 is 0.773 bits per heavy atom. The van der Waals surface area contributed by atoms with E-state index in [2.05, 4.69) is 39.9 Å². The van der Waals surface area contributed by atoms with Gasteiger partial charge in [-0.2, -0.15) is 0 Å². The predicted octanol–water partition coefficient (Wildman–Crippen LogP) is 20.5. The van der Waals surface area contributed by atoms with Crippen molar-refractivity contribution >= 4 is 70.7 Å². The molecule has 644 valence electrons. The first kappa shape index (κ1) is 97.1. The first-order chi connectivity index (χ1) is 57.0. The summed E-state index contributed by atoms with van der Waals surface area (Å²) in [5.41, 5.74) is 9.40. The smallest absolute Gasteiger partial charge is 0.344 e. The van der Waals surface area contributed by atoms with Gasteiger partial charge in [0.05, 0.1) is 38.2 Å². The van der Waals surface area contributed by atoms with Crippen LogP contribution in [0, 0.1) is 11.6 Å². The molecule has 5 N–H and O–H groups in total. The number of methoxy groups -OCH3 is 2. The number of halogens is 3. The van der Waals surface area contributed by atoms with Crippen molar-refractivity contribution < 1.29 is 115 Å². The van der Waals surface area contributed by atoms with Gasteiger partial charge in [0, 0.05) is 22.2 Å². The van der Waals surface area contributed by atoms with Crippen LogP contribution in [0.4, 0.5) is 8.78 Å². The summed E-state index contributed by atoms with van der Waals surface area (Å²) in [5.74, 6) is -7.40. The van der Waals surface area contributed by atoms with Gasteiger partial charge in [-0.3, -0.25) is 24.0 Å². The van der Waals surface area contributed by atoms with E-state index >= 15 is 0 Å². The van der Waals surface area contributed by atoms with E-state index < -0.39 is 83.5 Å². The standard InChI is InChI=1S/C20H26O4.2C19H24O5.C18H21ClO4.C18H20F2O4/c1-3-16-13-17(14(2)21)10-12-18(16)24-19(20(22)23)11-9-15-7-5-4-6-8-15;1-23-18(20)13-15-9-5-6-10-16(15)24-17(19(21)22)12-11-14-7-3-2-4-8-14;1-23-18(20)13-15-7-10-16(11-8-15)24-17(19(21)22)12-9-14-5-3-2-4-6-14;1-12(20)15-11-14(19)8-10-16(15)23-17(18(21)22)9-7-13-5-3-2-4-6-13;1-11(21)14-9-13(19)10-15(20)17(14)24-16(18(22)23)8-7-12-5-3-2-4-6-12/h7,10,12-13,19H,3-6,8-9,11H2,1-2H3,(H,22,23);5-7,9-10,17H,2-4,8,11-13H2,1H3,(H,21,22);5,7-8,10-11,17H,2-4,6,9,12-13H2,1H3,(H,21,22);5,8,10-11,17H,2-4,6-7,9H2,1H3,(H,21,22);5,9-10,16H,2-4,6-8H2,1H3,(H,22,23). The summed E-state index contributed by atoms with van der Waals surface area (Å²) in [6.45, 7) is 6.03. The van der Waals surface area contributed by atoms with E-state index in [1.54, 1.807) is 78.9 Å². The van der Waals surface area contributed by atoms with Crippen LogP contribution in [0.5, 0.6) is 28.7 Å². The third kappa shape index (κ3) is 35.4. The quantitative estimate of drug-likeness (QED) is 0.0139. The topological polar surface area (TPSA) is 336 Å². The van der Waals surface area contributed by atoms with E-state index in [1.807, 2.05) is 6.92 Å². The minimum atomic E-state index is -1.30. The van der Waals surface area contributed by atoms with Gasteiger partial charge in [-0.05, 0) is 292 Å². The number of benzene rings is 5. The molecule has 0 radical (unpaired) electrons. The summed E-state index contributed by atoms with van der Waals surface area (Å²) < 4.78 is 64.5. The average molecular weight is 1670 g/mol. The molecule has 0 aliphatic heterocycles. The highest BCUT2D eigenvalue weighted by Crippen LogP contribution is 2.34. The Morgan fingerprint density at radius 1 is 0.395 bits per heavy atom. The summed E-state index contributed by atoms with van der Waals surface area (Å²) in [4.78, 5) is 115. The van der Waals surface area contributed by atoms with Crippen molar-refractivity contribution in [1.29, 1.82) is 0 Å². The zero-order valence-electron chi connectivity index (χ0n) is 69.2. The fraction of sp³-hybridized carbons (Fsp3) is 0.468. The van der Waals surface area contributed by atoms with E-state index in [1.165, 1.54) is 107 Å². The van der Waals surface area contributed by atoms with Crippen molar-refractivity contribution in [3.8, 4) is 28.7 Å². The monoisotopic (exact) mass is 1670 g/mol. The fourth-order valence-electron chi connectivity index (χ4n) is 14.1. The number of rotatable bonds is 38. The van der Waals surface area contributed by atoms with Crippen LogP contribution in [0.25, 0.3) is 0 Å². The maximum atomic E-state index is 14.0. The number of hydrogen-bond acceptors (Lipinski definition) is 17. The van der Waals surface area contributed by atoms with E-state index in [9.17, 15) is 82.3 Å². The number of hydrogen-bond donors (Lipinski definition) is 5. The van der Waals surface area contributed by atoms with E-state index in [0.717, 1.165) is 127 Å². The van der Waals surface area contributed by atoms with Gasteiger partial charge < -0.3 is 58.7 Å². The number of carbonyl (C=O) groups is 10. The lowest BCUT2D eigenvalue weighted by molar-refractivity contribution is -0.146. The largest absolute Gasteiger partial charge is 0.479 e. The van der Waals surface area contributed by atoms with Crippen LogP contribution >= 0.6 is 11.6 Å². The average Bonchev–Trinajstić information content (AvgIpc) is 0.820. The van der Waals surface area contributed by atoms with Crippen LogP contribution < -0.4 is 23.7 Å². The number of Topliss-reactive ketones (excluding diaryl/α,β-unsaturated/α-hetero) is 3. The molecule has 119 heavy (non-hydrogen) atoms. The van der Waals surface area contributed by atoms with Crippen molar-refractivity contribution in [2.24, 2.45) is 0 Å². The highest BCUT2D eigenvalue weighted by molar-refractivity contribution is 6.31. The van der Waals surface area contributed by atoms with Crippen molar-refractivity contribution in [1.82, 2.24) is 0 Å². The van der Waals surface area contributed by atoms with Gasteiger partial charge in [0.1, 0.15) is 28.8 Å². The minimum Gasteiger partial charge on any atom is -0.479 e. The van der Waals surface area contributed by atoms with Crippen LogP contribution in [-0.2, 0) is 62.3 Å². The summed E-state index contributed by atoms with van der Waals surface area (Å²) in [6.07, 6.45) is 34.7. The predicted molar refractivity (Wildman–Crippen MR) is 447 cm³/mol. The molecule has 5 unspecified atom stereocenters. The molecule has 5 aliphatic carbocycles.